The lowest BCUT2D eigenvalue weighted by Gasteiger charge is -2.28. The molecule has 2 aromatic heterocycles. The number of nitrogens with zero attached hydrogens (tertiary/aromatic N) is 2. The fourth-order valence-corrected chi connectivity index (χ4v) is 4.18. The molecule has 1 unspecified atom stereocenters. The van der Waals surface area contributed by atoms with Gasteiger partial charge in [-0.15, -0.1) is 0 Å². The Hall–Kier alpha value is -3.68. The van der Waals surface area contributed by atoms with Crippen molar-refractivity contribution in [2.45, 2.75) is 53.8 Å². The molecule has 34 heavy (non-hydrogen) atoms. The predicted molar refractivity (Wildman–Crippen MR) is 124 cm³/mol. The highest BCUT2D eigenvalue weighted by Gasteiger charge is 2.34. The molecule has 0 radical (unpaired) electrons. The van der Waals surface area contributed by atoms with Crippen molar-refractivity contribution in [3.63, 3.8) is 0 Å². The van der Waals surface area contributed by atoms with Crippen LogP contribution in [0.4, 0.5) is 4.39 Å². The van der Waals surface area contributed by atoms with E-state index in [2.05, 4.69) is 0 Å². The number of carbonyl (C=O) groups is 3. The van der Waals surface area contributed by atoms with E-state index in [4.69, 9.17) is 9.15 Å². The van der Waals surface area contributed by atoms with E-state index >= 15 is 0 Å². The predicted octanol–water partition coefficient (Wildman–Crippen LogP) is 4.95. The fourth-order valence-electron chi connectivity index (χ4n) is 4.18. The van der Waals surface area contributed by atoms with Crippen molar-refractivity contribution in [3.05, 3.63) is 82.3 Å². The molecule has 7 nitrogen and oxygen atoms in total. The highest BCUT2D eigenvalue weighted by molar-refractivity contribution is 6.07. The van der Waals surface area contributed by atoms with E-state index in [1.165, 1.54) is 29.4 Å². The molecule has 0 N–H and O–H groups in total. The lowest BCUT2D eigenvalue weighted by atomic mass is 9.99. The second-order valence-electron chi connectivity index (χ2n) is 7.98. The molecule has 0 aliphatic carbocycles. The zero-order valence-electron chi connectivity index (χ0n) is 20.1. The normalized spacial score (nSPS) is 11.8. The summed E-state index contributed by atoms with van der Waals surface area (Å²) in [5.41, 5.74) is 2.52. The molecular formula is C26H29FN2O5. The number of amides is 1. The van der Waals surface area contributed by atoms with Gasteiger partial charge in [-0.3, -0.25) is 9.59 Å². The van der Waals surface area contributed by atoms with Gasteiger partial charge in [0.25, 0.3) is 5.91 Å². The number of hydrogen-bond acceptors (Lipinski definition) is 5. The van der Waals surface area contributed by atoms with Crippen molar-refractivity contribution in [1.29, 1.82) is 0 Å². The van der Waals surface area contributed by atoms with Gasteiger partial charge in [-0.05, 0) is 70.0 Å². The summed E-state index contributed by atoms with van der Waals surface area (Å²) in [6.07, 6.45) is 1.39. The molecule has 0 aliphatic heterocycles. The van der Waals surface area contributed by atoms with Crippen LogP contribution < -0.4 is 0 Å². The van der Waals surface area contributed by atoms with Gasteiger partial charge < -0.3 is 18.6 Å². The van der Waals surface area contributed by atoms with Crippen LogP contribution in [0.2, 0.25) is 0 Å². The first kappa shape index (κ1) is 25.0. The van der Waals surface area contributed by atoms with E-state index in [0.717, 1.165) is 0 Å². The number of carbonyl (C=O) groups excluding carboxylic acids is 3. The molecule has 1 amide bonds. The van der Waals surface area contributed by atoms with Gasteiger partial charge in [0, 0.05) is 24.3 Å². The Morgan fingerprint density at radius 1 is 1.12 bits per heavy atom. The molecule has 0 bridgehead atoms. The average Bonchev–Trinajstić information content (AvgIpc) is 3.44. The van der Waals surface area contributed by atoms with Crippen molar-refractivity contribution < 1.29 is 27.9 Å². The highest BCUT2D eigenvalue weighted by Crippen LogP contribution is 2.27. The van der Waals surface area contributed by atoms with E-state index in [-0.39, 0.29) is 24.7 Å². The monoisotopic (exact) mass is 468 g/mol. The first-order valence-corrected chi connectivity index (χ1v) is 11.2. The van der Waals surface area contributed by atoms with Crippen molar-refractivity contribution in [2.24, 2.45) is 0 Å². The van der Waals surface area contributed by atoms with Gasteiger partial charge in [0.05, 0.1) is 18.9 Å². The van der Waals surface area contributed by atoms with E-state index in [1.807, 2.05) is 6.92 Å². The fraction of sp³-hybridized carbons (Fsp3) is 0.346. The lowest BCUT2D eigenvalue weighted by Crippen LogP contribution is -2.43. The van der Waals surface area contributed by atoms with Gasteiger partial charge in [-0.1, -0.05) is 12.1 Å². The van der Waals surface area contributed by atoms with Gasteiger partial charge in [-0.2, -0.15) is 0 Å². The zero-order chi connectivity index (χ0) is 25.0. The maximum Gasteiger partial charge on any atom is 0.355 e. The Bertz CT molecular complexity index is 1180. The number of Topliss-reactive ketones (excluding diaryl/α,β-unsaturated/α-hetero) is 1. The number of esters is 1. The number of ether oxygens (including phenoxy) is 1. The first-order valence-electron chi connectivity index (χ1n) is 11.2. The molecule has 0 saturated heterocycles. The number of rotatable bonds is 9. The summed E-state index contributed by atoms with van der Waals surface area (Å²) in [5, 5.41) is 0. The number of ketones is 1. The lowest BCUT2D eigenvalue weighted by molar-refractivity contribution is 0.0512. The second kappa shape index (κ2) is 10.5. The molecule has 0 spiro atoms. The van der Waals surface area contributed by atoms with Crippen LogP contribution in [-0.4, -0.2) is 39.8 Å². The second-order valence-corrected chi connectivity index (χ2v) is 7.98. The van der Waals surface area contributed by atoms with Crippen LogP contribution in [0.25, 0.3) is 0 Å². The van der Waals surface area contributed by atoms with Gasteiger partial charge >= 0.3 is 5.97 Å². The third-order valence-corrected chi connectivity index (χ3v) is 5.90. The van der Waals surface area contributed by atoms with E-state index < -0.39 is 23.7 Å². The SMILES string of the molecule is CCOC(=O)c1c(C)c(C(=O)C(C)N(Cc2ccc(F)cc2)C(=O)c2ccco2)c(C)n1CC. The topological polar surface area (TPSA) is 81.8 Å². The molecule has 1 aromatic carbocycles. The summed E-state index contributed by atoms with van der Waals surface area (Å²) in [4.78, 5) is 41.0. The summed E-state index contributed by atoms with van der Waals surface area (Å²) in [5.74, 6) is -1.57. The van der Waals surface area contributed by atoms with Crippen LogP contribution >= 0.6 is 0 Å². The minimum Gasteiger partial charge on any atom is -0.461 e. The molecule has 2 heterocycles. The van der Waals surface area contributed by atoms with Gasteiger partial charge in [0.15, 0.2) is 11.5 Å². The van der Waals surface area contributed by atoms with E-state index in [0.29, 0.717) is 34.6 Å². The minimum absolute atomic E-state index is 0.0734. The van der Waals surface area contributed by atoms with Crippen LogP contribution in [0, 0.1) is 19.7 Å². The molecule has 180 valence electrons. The maximum absolute atomic E-state index is 13.8. The quantitative estimate of drug-likeness (QED) is 0.328. The molecule has 8 heteroatoms. The summed E-state index contributed by atoms with van der Waals surface area (Å²) in [6.45, 7) is 9.50. The molecule has 3 rings (SSSR count). The summed E-state index contributed by atoms with van der Waals surface area (Å²) in [7, 11) is 0. The third-order valence-electron chi connectivity index (χ3n) is 5.90. The molecule has 0 saturated carbocycles. The Morgan fingerprint density at radius 3 is 2.35 bits per heavy atom. The smallest absolute Gasteiger partial charge is 0.355 e. The summed E-state index contributed by atoms with van der Waals surface area (Å²) >= 11 is 0. The summed E-state index contributed by atoms with van der Waals surface area (Å²) < 4.78 is 25.7. The third kappa shape index (κ3) is 4.81. The van der Waals surface area contributed by atoms with Crippen molar-refractivity contribution >= 4 is 17.7 Å². The molecule has 3 aromatic rings. The van der Waals surface area contributed by atoms with Gasteiger partial charge in [0.1, 0.15) is 11.5 Å². The van der Waals surface area contributed by atoms with Crippen molar-refractivity contribution in [3.8, 4) is 0 Å². The number of halogens is 1. The zero-order valence-corrected chi connectivity index (χ0v) is 20.1. The van der Waals surface area contributed by atoms with Gasteiger partial charge in [-0.25, -0.2) is 9.18 Å². The molecular weight excluding hydrogens is 439 g/mol. The molecule has 0 aliphatic rings. The summed E-state index contributed by atoms with van der Waals surface area (Å²) in [6, 6.07) is 7.98. The molecule has 0 fully saturated rings. The first-order chi connectivity index (χ1) is 16.2. The highest BCUT2D eigenvalue weighted by atomic mass is 19.1. The Labute approximate surface area is 198 Å². The Balaban J connectivity index is 2.03. The largest absolute Gasteiger partial charge is 0.461 e. The standard InChI is InChI=1S/C26H29FN2O5/c1-6-28-17(4)22(16(3)23(28)26(32)33-7-2)24(30)18(5)29(25(31)21-9-8-14-34-21)15-19-10-12-20(27)13-11-19/h8-14,18H,6-7,15H2,1-5H3. The Morgan fingerprint density at radius 2 is 1.79 bits per heavy atom. The van der Waals surface area contributed by atoms with Crippen molar-refractivity contribution in [1.82, 2.24) is 9.47 Å². The van der Waals surface area contributed by atoms with Crippen LogP contribution in [0.5, 0.6) is 0 Å². The van der Waals surface area contributed by atoms with Gasteiger partial charge in [0.2, 0.25) is 0 Å². The average molecular weight is 469 g/mol. The van der Waals surface area contributed by atoms with Crippen LogP contribution in [-0.2, 0) is 17.8 Å². The molecule has 1 atom stereocenters. The van der Waals surface area contributed by atoms with Crippen LogP contribution in [0.1, 0.15) is 69.0 Å². The van der Waals surface area contributed by atoms with Crippen LogP contribution in [0.3, 0.4) is 0 Å². The number of aromatic nitrogens is 1. The van der Waals surface area contributed by atoms with Crippen molar-refractivity contribution in [2.75, 3.05) is 6.61 Å². The maximum atomic E-state index is 13.8. The number of furan rings is 1. The van der Waals surface area contributed by atoms with Crippen LogP contribution in [0.15, 0.2) is 47.1 Å². The number of hydrogen-bond donors (Lipinski definition) is 0. The Kier molecular flexibility index (Phi) is 7.71. The number of benzene rings is 1. The van der Waals surface area contributed by atoms with E-state index in [9.17, 15) is 18.8 Å². The van der Waals surface area contributed by atoms with E-state index in [1.54, 1.807) is 50.5 Å². The minimum atomic E-state index is -0.886.